The molecule has 2 unspecified atom stereocenters. The average Bonchev–Trinajstić information content (AvgIpc) is 2.19. The maximum Gasteiger partial charge on any atom is 0.317 e. The first kappa shape index (κ1) is 12.3. The number of nitrogens with one attached hydrogen (secondary N) is 2. The highest BCUT2D eigenvalue weighted by Crippen LogP contribution is 2.09. The Labute approximate surface area is 92.4 Å². The average molecular weight is 213 g/mol. The van der Waals surface area contributed by atoms with E-state index in [9.17, 15) is 4.79 Å². The third-order valence-electron chi connectivity index (χ3n) is 2.95. The van der Waals surface area contributed by atoms with Gasteiger partial charge in [0.1, 0.15) is 0 Å². The topological polar surface area (TPSA) is 44.4 Å². The van der Waals surface area contributed by atoms with Crippen molar-refractivity contribution in [2.75, 3.05) is 26.2 Å². The van der Waals surface area contributed by atoms with E-state index >= 15 is 0 Å². The highest BCUT2D eigenvalue weighted by Gasteiger charge is 2.21. The van der Waals surface area contributed by atoms with Crippen LogP contribution in [0.4, 0.5) is 4.79 Å². The smallest absolute Gasteiger partial charge is 0.317 e. The van der Waals surface area contributed by atoms with E-state index in [0.29, 0.717) is 12.0 Å². The van der Waals surface area contributed by atoms with Crippen LogP contribution in [0.25, 0.3) is 0 Å². The van der Waals surface area contributed by atoms with Gasteiger partial charge in [0.2, 0.25) is 0 Å². The molecule has 2 atom stereocenters. The van der Waals surface area contributed by atoms with Gasteiger partial charge in [-0.05, 0) is 32.7 Å². The molecule has 2 amide bonds. The fourth-order valence-corrected chi connectivity index (χ4v) is 2.04. The molecule has 2 N–H and O–H groups in total. The van der Waals surface area contributed by atoms with Gasteiger partial charge in [-0.15, -0.1) is 0 Å². The largest absolute Gasteiger partial charge is 0.334 e. The zero-order valence-corrected chi connectivity index (χ0v) is 10.0. The second-order valence-corrected chi connectivity index (χ2v) is 4.32. The molecule has 88 valence electrons. The van der Waals surface area contributed by atoms with E-state index in [4.69, 9.17) is 0 Å². The molecule has 0 spiro atoms. The molecule has 4 heteroatoms. The first-order chi connectivity index (χ1) is 7.17. The highest BCUT2D eigenvalue weighted by molar-refractivity contribution is 5.74. The number of nitrogens with zero attached hydrogens (tertiary/aromatic N) is 1. The van der Waals surface area contributed by atoms with Gasteiger partial charge < -0.3 is 15.5 Å². The SMILES string of the molecule is CCN(CC)C(=O)NC1CNCC(C)C1. The lowest BCUT2D eigenvalue weighted by molar-refractivity contribution is 0.193. The first-order valence-corrected chi connectivity index (χ1v) is 5.93. The van der Waals surface area contributed by atoms with Crippen molar-refractivity contribution in [1.82, 2.24) is 15.5 Å². The van der Waals surface area contributed by atoms with Crippen LogP contribution in [0.3, 0.4) is 0 Å². The van der Waals surface area contributed by atoms with E-state index in [-0.39, 0.29) is 6.03 Å². The molecule has 1 heterocycles. The summed E-state index contributed by atoms with van der Waals surface area (Å²) in [6, 6.07) is 0.364. The van der Waals surface area contributed by atoms with Gasteiger partial charge in [-0.1, -0.05) is 6.92 Å². The molecule has 0 bridgehead atoms. The molecule has 1 aliphatic heterocycles. The Morgan fingerprint density at radius 3 is 2.60 bits per heavy atom. The molecule has 1 aliphatic rings. The van der Waals surface area contributed by atoms with Crippen LogP contribution in [0.5, 0.6) is 0 Å². The molecule has 1 saturated heterocycles. The lowest BCUT2D eigenvalue weighted by atomic mass is 9.98. The fraction of sp³-hybridized carbons (Fsp3) is 0.909. The Hall–Kier alpha value is -0.770. The van der Waals surface area contributed by atoms with Crippen molar-refractivity contribution in [3.05, 3.63) is 0 Å². The van der Waals surface area contributed by atoms with Crippen molar-refractivity contribution in [1.29, 1.82) is 0 Å². The summed E-state index contributed by atoms with van der Waals surface area (Å²) in [6.07, 6.45) is 1.08. The monoisotopic (exact) mass is 213 g/mol. The fourth-order valence-electron chi connectivity index (χ4n) is 2.04. The van der Waals surface area contributed by atoms with Gasteiger partial charge in [-0.2, -0.15) is 0 Å². The number of urea groups is 1. The zero-order valence-electron chi connectivity index (χ0n) is 10.0. The summed E-state index contributed by atoms with van der Waals surface area (Å²) in [6.45, 7) is 9.74. The lowest BCUT2D eigenvalue weighted by Crippen LogP contribution is -2.52. The Bertz CT molecular complexity index is 204. The normalized spacial score (nSPS) is 26.1. The summed E-state index contributed by atoms with van der Waals surface area (Å²) in [7, 11) is 0. The molecule has 0 saturated carbocycles. The molecule has 4 nitrogen and oxygen atoms in total. The van der Waals surface area contributed by atoms with Gasteiger partial charge in [0.15, 0.2) is 0 Å². The molecule has 1 fully saturated rings. The Morgan fingerprint density at radius 1 is 1.40 bits per heavy atom. The van der Waals surface area contributed by atoms with Gasteiger partial charge in [0.05, 0.1) is 0 Å². The number of carbonyl (C=O) groups excluding carboxylic acids is 1. The summed E-state index contributed by atoms with van der Waals surface area (Å²) >= 11 is 0. The van der Waals surface area contributed by atoms with Crippen LogP contribution in [0, 0.1) is 5.92 Å². The molecule has 0 aromatic carbocycles. The third-order valence-corrected chi connectivity index (χ3v) is 2.95. The van der Waals surface area contributed by atoms with E-state index < -0.39 is 0 Å². The van der Waals surface area contributed by atoms with Crippen LogP contribution in [-0.4, -0.2) is 43.2 Å². The highest BCUT2D eigenvalue weighted by atomic mass is 16.2. The van der Waals surface area contributed by atoms with E-state index in [1.54, 1.807) is 0 Å². The third kappa shape index (κ3) is 3.70. The van der Waals surface area contributed by atoms with Crippen molar-refractivity contribution >= 4 is 6.03 Å². The van der Waals surface area contributed by atoms with Crippen LogP contribution in [0.1, 0.15) is 27.2 Å². The maximum absolute atomic E-state index is 11.8. The second-order valence-electron chi connectivity index (χ2n) is 4.32. The molecule has 1 rings (SSSR count). The van der Waals surface area contributed by atoms with E-state index in [1.807, 2.05) is 18.7 Å². The van der Waals surface area contributed by atoms with E-state index in [0.717, 1.165) is 32.6 Å². The summed E-state index contributed by atoms with van der Waals surface area (Å²) < 4.78 is 0. The van der Waals surface area contributed by atoms with Crippen LogP contribution < -0.4 is 10.6 Å². The summed E-state index contributed by atoms with van der Waals surface area (Å²) in [5, 5.41) is 6.41. The molecule has 0 radical (unpaired) electrons. The van der Waals surface area contributed by atoms with Crippen molar-refractivity contribution in [2.24, 2.45) is 5.92 Å². The van der Waals surface area contributed by atoms with Crippen molar-refractivity contribution in [3.63, 3.8) is 0 Å². The predicted octanol–water partition coefficient (Wildman–Crippen LogP) is 1.04. The van der Waals surface area contributed by atoms with Gasteiger partial charge in [-0.3, -0.25) is 0 Å². The van der Waals surface area contributed by atoms with E-state index in [1.165, 1.54) is 0 Å². The number of hydrogen-bond acceptors (Lipinski definition) is 2. The molecular weight excluding hydrogens is 190 g/mol. The van der Waals surface area contributed by atoms with Crippen LogP contribution >= 0.6 is 0 Å². The minimum Gasteiger partial charge on any atom is -0.334 e. The van der Waals surface area contributed by atoms with Crippen molar-refractivity contribution in [2.45, 2.75) is 33.2 Å². The van der Waals surface area contributed by atoms with Crippen LogP contribution in [-0.2, 0) is 0 Å². The van der Waals surface area contributed by atoms with Crippen molar-refractivity contribution < 1.29 is 4.79 Å². The molecule has 0 aromatic rings. The predicted molar refractivity (Wildman–Crippen MR) is 61.9 cm³/mol. The van der Waals surface area contributed by atoms with Gasteiger partial charge in [0, 0.05) is 25.7 Å². The minimum atomic E-state index is 0.0703. The number of piperidine rings is 1. The quantitative estimate of drug-likeness (QED) is 0.735. The Kier molecular flexibility index (Phi) is 4.88. The minimum absolute atomic E-state index is 0.0703. The van der Waals surface area contributed by atoms with Gasteiger partial charge >= 0.3 is 6.03 Å². The summed E-state index contributed by atoms with van der Waals surface area (Å²) in [5.74, 6) is 0.653. The first-order valence-electron chi connectivity index (χ1n) is 5.93. The molecule has 0 aromatic heterocycles. The molecule has 15 heavy (non-hydrogen) atoms. The lowest BCUT2D eigenvalue weighted by Gasteiger charge is -2.30. The number of amides is 2. The maximum atomic E-state index is 11.8. The van der Waals surface area contributed by atoms with Gasteiger partial charge in [0.25, 0.3) is 0 Å². The Morgan fingerprint density at radius 2 is 2.07 bits per heavy atom. The van der Waals surface area contributed by atoms with Crippen molar-refractivity contribution in [3.8, 4) is 0 Å². The summed E-state index contributed by atoms with van der Waals surface area (Å²) in [5.41, 5.74) is 0. The number of rotatable bonds is 3. The van der Waals surface area contributed by atoms with E-state index in [2.05, 4.69) is 17.6 Å². The number of hydrogen-bond donors (Lipinski definition) is 2. The second kappa shape index (κ2) is 5.95. The van der Waals surface area contributed by atoms with Crippen LogP contribution in [0.2, 0.25) is 0 Å². The summed E-state index contributed by atoms with van der Waals surface area (Å²) in [4.78, 5) is 13.6. The molecule has 0 aliphatic carbocycles. The van der Waals surface area contributed by atoms with Gasteiger partial charge in [-0.25, -0.2) is 4.79 Å². The zero-order chi connectivity index (χ0) is 11.3. The van der Waals surface area contributed by atoms with Crippen LogP contribution in [0.15, 0.2) is 0 Å². The number of carbonyl (C=O) groups is 1. The standard InChI is InChI=1S/C11H23N3O/c1-4-14(5-2)11(15)13-10-6-9(3)7-12-8-10/h9-10,12H,4-8H2,1-3H3,(H,13,15). The molecular formula is C11H23N3O. The Balaban J connectivity index is 2.36.